The minimum absolute atomic E-state index is 0.191. The summed E-state index contributed by atoms with van der Waals surface area (Å²) in [6.45, 7) is 1.72. The zero-order chi connectivity index (χ0) is 14.8. The molecule has 2 aliphatic rings. The topological polar surface area (TPSA) is 46.6 Å². The Labute approximate surface area is 125 Å². The van der Waals surface area contributed by atoms with Crippen molar-refractivity contribution in [3.8, 4) is 0 Å². The number of carbonyl (C=O) groups is 2. The van der Waals surface area contributed by atoms with Gasteiger partial charge in [-0.1, -0.05) is 29.8 Å². The van der Waals surface area contributed by atoms with Crippen LogP contribution in [0.25, 0.3) is 0 Å². The molecule has 0 fully saturated rings. The van der Waals surface area contributed by atoms with Crippen LogP contribution in [0.4, 0.5) is 5.69 Å². The molecule has 0 N–H and O–H groups in total. The van der Waals surface area contributed by atoms with Gasteiger partial charge in [0, 0.05) is 23.1 Å². The normalized spacial score (nSPS) is 22.5. The first kappa shape index (κ1) is 12.4. The quantitative estimate of drug-likeness (QED) is 0.701. The van der Waals surface area contributed by atoms with E-state index in [4.69, 9.17) is 16.3 Å². The van der Waals surface area contributed by atoms with Gasteiger partial charge in [0.2, 0.25) is 5.72 Å². The van der Waals surface area contributed by atoms with Gasteiger partial charge in [-0.15, -0.1) is 0 Å². The Balaban J connectivity index is 2.04. The summed E-state index contributed by atoms with van der Waals surface area (Å²) in [5.74, 6) is -0.644. The molecule has 0 saturated heterocycles. The van der Waals surface area contributed by atoms with Crippen LogP contribution < -0.4 is 4.90 Å². The smallest absolute Gasteiger partial charge is 0.342 e. The second-order valence-corrected chi connectivity index (χ2v) is 5.66. The maximum atomic E-state index is 12.7. The fraction of sp³-hybridized carbons (Fsp3) is 0.125. The molecule has 4 rings (SSSR count). The lowest BCUT2D eigenvalue weighted by molar-refractivity contribution is -0.0129. The van der Waals surface area contributed by atoms with Gasteiger partial charge in [-0.2, -0.15) is 0 Å². The number of carbonyl (C=O) groups excluding carboxylic acids is 2. The van der Waals surface area contributed by atoms with Gasteiger partial charge in [0.05, 0.1) is 11.3 Å². The molecule has 0 radical (unpaired) electrons. The first-order valence-electron chi connectivity index (χ1n) is 6.49. The molecule has 0 aromatic heterocycles. The molecule has 0 bridgehead atoms. The van der Waals surface area contributed by atoms with Crippen LogP contribution in [0.5, 0.6) is 0 Å². The van der Waals surface area contributed by atoms with Crippen molar-refractivity contribution in [3.05, 3.63) is 64.2 Å². The van der Waals surface area contributed by atoms with Crippen LogP contribution in [0, 0.1) is 0 Å². The lowest BCUT2D eigenvalue weighted by atomic mass is 10.0. The molecule has 2 aliphatic heterocycles. The average Bonchev–Trinajstić information content (AvgIpc) is 2.68. The Bertz CT molecular complexity index is 817. The van der Waals surface area contributed by atoms with Crippen LogP contribution in [0.2, 0.25) is 5.02 Å². The van der Waals surface area contributed by atoms with Crippen molar-refractivity contribution >= 4 is 29.2 Å². The van der Waals surface area contributed by atoms with Crippen LogP contribution in [-0.2, 0) is 10.5 Å². The van der Waals surface area contributed by atoms with Gasteiger partial charge >= 0.3 is 5.97 Å². The van der Waals surface area contributed by atoms with Gasteiger partial charge in [-0.05, 0) is 24.3 Å². The molecule has 0 saturated carbocycles. The zero-order valence-electron chi connectivity index (χ0n) is 11.1. The second-order valence-electron chi connectivity index (χ2n) is 5.22. The monoisotopic (exact) mass is 299 g/mol. The first-order chi connectivity index (χ1) is 10.0. The molecule has 0 spiro atoms. The van der Waals surface area contributed by atoms with Gasteiger partial charge in [0.1, 0.15) is 0 Å². The van der Waals surface area contributed by atoms with E-state index in [0.29, 0.717) is 27.4 Å². The molecule has 5 heteroatoms. The van der Waals surface area contributed by atoms with E-state index in [1.54, 1.807) is 43.3 Å². The highest BCUT2D eigenvalue weighted by molar-refractivity contribution is 6.31. The number of benzene rings is 2. The predicted octanol–water partition coefficient (Wildman–Crippen LogP) is 3.34. The minimum atomic E-state index is -1.12. The van der Waals surface area contributed by atoms with Crippen molar-refractivity contribution in [1.29, 1.82) is 0 Å². The SMILES string of the molecule is CC12OC(=O)c3ccc(Cl)cc3N1C(=O)c1ccccc12. The van der Waals surface area contributed by atoms with Crippen molar-refractivity contribution in [2.75, 3.05) is 4.90 Å². The number of halogens is 1. The Morgan fingerprint density at radius 2 is 1.86 bits per heavy atom. The number of ether oxygens (including phenoxy) is 1. The van der Waals surface area contributed by atoms with Gasteiger partial charge in [-0.25, -0.2) is 4.79 Å². The number of rotatable bonds is 0. The predicted molar refractivity (Wildman–Crippen MR) is 77.5 cm³/mol. The van der Waals surface area contributed by atoms with Crippen molar-refractivity contribution in [1.82, 2.24) is 0 Å². The van der Waals surface area contributed by atoms with E-state index in [1.807, 2.05) is 6.07 Å². The summed E-state index contributed by atoms with van der Waals surface area (Å²) in [5.41, 5.74) is 0.942. The third-order valence-corrected chi connectivity index (χ3v) is 4.23. The molecule has 21 heavy (non-hydrogen) atoms. The lowest BCUT2D eigenvalue weighted by Crippen LogP contribution is -2.49. The molecule has 1 atom stereocenters. The van der Waals surface area contributed by atoms with Crippen molar-refractivity contribution in [3.63, 3.8) is 0 Å². The molecule has 2 aromatic rings. The Morgan fingerprint density at radius 1 is 1.10 bits per heavy atom. The zero-order valence-corrected chi connectivity index (χ0v) is 11.8. The van der Waals surface area contributed by atoms with E-state index in [-0.39, 0.29) is 5.91 Å². The van der Waals surface area contributed by atoms with E-state index in [1.165, 1.54) is 4.90 Å². The minimum Gasteiger partial charge on any atom is -0.431 e. The fourth-order valence-electron chi connectivity index (χ4n) is 3.05. The highest BCUT2D eigenvalue weighted by Gasteiger charge is 2.53. The van der Waals surface area contributed by atoms with Crippen LogP contribution in [0.3, 0.4) is 0 Å². The second kappa shape index (κ2) is 3.86. The van der Waals surface area contributed by atoms with Gasteiger partial charge < -0.3 is 4.74 Å². The van der Waals surface area contributed by atoms with Crippen molar-refractivity contribution in [2.45, 2.75) is 12.6 Å². The number of fused-ring (bicyclic) bond motifs is 5. The first-order valence-corrected chi connectivity index (χ1v) is 6.87. The van der Waals surface area contributed by atoms with Gasteiger partial charge in [-0.3, -0.25) is 9.69 Å². The Kier molecular flexibility index (Phi) is 2.28. The van der Waals surface area contributed by atoms with Crippen molar-refractivity contribution in [2.24, 2.45) is 0 Å². The highest BCUT2D eigenvalue weighted by atomic mass is 35.5. The summed E-state index contributed by atoms with van der Waals surface area (Å²) in [6, 6.07) is 12.0. The Hall–Kier alpha value is -2.33. The molecule has 2 aromatic carbocycles. The maximum Gasteiger partial charge on any atom is 0.342 e. The standard InChI is InChI=1S/C16H10ClNO3/c1-16-12-5-3-2-4-10(12)14(19)18(16)13-8-9(17)6-7-11(13)15(20)21-16/h2-8H,1H3. The third-order valence-electron chi connectivity index (χ3n) is 4.00. The molecule has 0 aliphatic carbocycles. The van der Waals surface area contributed by atoms with Gasteiger partial charge in [0.15, 0.2) is 0 Å². The molecule has 4 nitrogen and oxygen atoms in total. The highest BCUT2D eigenvalue weighted by Crippen LogP contribution is 2.48. The van der Waals surface area contributed by atoms with Crippen LogP contribution in [0.1, 0.15) is 33.2 Å². The summed E-state index contributed by atoms with van der Waals surface area (Å²) < 4.78 is 5.58. The summed E-state index contributed by atoms with van der Waals surface area (Å²) in [5, 5.41) is 0.467. The number of hydrogen-bond acceptors (Lipinski definition) is 3. The van der Waals surface area contributed by atoms with Crippen LogP contribution >= 0.6 is 11.6 Å². The summed E-state index contributed by atoms with van der Waals surface area (Å²) in [7, 11) is 0. The number of nitrogens with zero attached hydrogens (tertiary/aromatic N) is 1. The van der Waals surface area contributed by atoms with E-state index in [0.717, 1.165) is 0 Å². The maximum absolute atomic E-state index is 12.7. The van der Waals surface area contributed by atoms with Crippen LogP contribution in [-0.4, -0.2) is 11.9 Å². The summed E-state index contributed by atoms with van der Waals surface area (Å²) >= 11 is 6.03. The number of amides is 1. The average molecular weight is 300 g/mol. The largest absolute Gasteiger partial charge is 0.431 e. The Morgan fingerprint density at radius 3 is 2.67 bits per heavy atom. The van der Waals surface area contributed by atoms with Crippen LogP contribution in [0.15, 0.2) is 42.5 Å². The fourth-order valence-corrected chi connectivity index (χ4v) is 3.21. The van der Waals surface area contributed by atoms with E-state index in [2.05, 4.69) is 0 Å². The lowest BCUT2D eigenvalue weighted by Gasteiger charge is -2.39. The molecule has 2 heterocycles. The van der Waals surface area contributed by atoms with Gasteiger partial charge in [0.25, 0.3) is 5.91 Å². The third kappa shape index (κ3) is 1.45. The molecular weight excluding hydrogens is 290 g/mol. The number of hydrogen-bond donors (Lipinski definition) is 0. The van der Waals surface area contributed by atoms with E-state index < -0.39 is 11.7 Å². The molecular formula is C16H10ClNO3. The summed E-state index contributed by atoms with van der Waals surface area (Å²) in [4.78, 5) is 26.5. The molecule has 1 unspecified atom stereocenters. The van der Waals surface area contributed by atoms with Crippen molar-refractivity contribution < 1.29 is 14.3 Å². The molecule has 104 valence electrons. The van der Waals surface area contributed by atoms with E-state index >= 15 is 0 Å². The summed E-state index contributed by atoms with van der Waals surface area (Å²) in [6.07, 6.45) is 0. The number of esters is 1. The number of anilines is 1. The molecule has 1 amide bonds. The van der Waals surface area contributed by atoms with E-state index in [9.17, 15) is 9.59 Å².